The molecule has 1 N–H and O–H groups in total. The summed E-state index contributed by atoms with van der Waals surface area (Å²) < 4.78 is 0. The minimum Gasteiger partial charge on any atom is -0.480 e. The molecule has 1 aliphatic heterocycles. The Labute approximate surface area is 83.0 Å². The van der Waals surface area contributed by atoms with Gasteiger partial charge in [-0.3, -0.25) is 0 Å². The first kappa shape index (κ1) is 9.06. The number of carboxylic acid groups (broad SMARTS) is 1. The summed E-state index contributed by atoms with van der Waals surface area (Å²) in [4.78, 5) is 12.9. The van der Waals surface area contributed by atoms with E-state index in [0.717, 1.165) is 25.1 Å². The molecule has 1 aromatic rings. The minimum atomic E-state index is -0.727. The van der Waals surface area contributed by atoms with Crippen LogP contribution in [-0.2, 0) is 4.79 Å². The van der Waals surface area contributed by atoms with E-state index in [9.17, 15) is 4.79 Å². The van der Waals surface area contributed by atoms with Crippen molar-refractivity contribution in [1.82, 2.24) is 0 Å². The Balaban J connectivity index is 2.22. The summed E-state index contributed by atoms with van der Waals surface area (Å²) in [6.45, 7) is 0.834. The van der Waals surface area contributed by atoms with Crippen molar-refractivity contribution >= 4 is 11.7 Å². The molecule has 2 rings (SSSR count). The van der Waals surface area contributed by atoms with Crippen LogP contribution in [0.4, 0.5) is 5.69 Å². The van der Waals surface area contributed by atoms with Crippen LogP contribution < -0.4 is 4.90 Å². The van der Waals surface area contributed by atoms with Crippen molar-refractivity contribution in [3.63, 3.8) is 0 Å². The molecule has 0 spiro atoms. The van der Waals surface area contributed by atoms with E-state index in [-0.39, 0.29) is 6.04 Å². The van der Waals surface area contributed by atoms with Gasteiger partial charge in [0.05, 0.1) is 0 Å². The number of aliphatic carboxylic acids is 1. The van der Waals surface area contributed by atoms with Gasteiger partial charge in [-0.2, -0.15) is 0 Å². The van der Waals surface area contributed by atoms with Crippen molar-refractivity contribution in [2.75, 3.05) is 11.4 Å². The first-order valence-corrected chi connectivity index (χ1v) is 4.74. The zero-order chi connectivity index (χ0) is 9.97. The van der Waals surface area contributed by atoms with Gasteiger partial charge in [0.25, 0.3) is 0 Å². The molecule has 1 fully saturated rings. The summed E-state index contributed by atoms with van der Waals surface area (Å²) in [7, 11) is 0. The van der Waals surface area contributed by atoms with Crippen molar-refractivity contribution in [1.29, 1.82) is 0 Å². The van der Waals surface area contributed by atoms with Crippen molar-refractivity contribution in [2.24, 2.45) is 0 Å². The smallest absolute Gasteiger partial charge is 0.326 e. The largest absolute Gasteiger partial charge is 0.480 e. The molecule has 1 aromatic carbocycles. The van der Waals surface area contributed by atoms with Crippen LogP contribution in [0, 0.1) is 6.07 Å². The van der Waals surface area contributed by atoms with E-state index < -0.39 is 5.97 Å². The monoisotopic (exact) mass is 190 g/mol. The van der Waals surface area contributed by atoms with Gasteiger partial charge in [-0.05, 0) is 31.0 Å². The van der Waals surface area contributed by atoms with E-state index in [1.165, 1.54) is 0 Å². The van der Waals surface area contributed by atoms with Crippen LogP contribution >= 0.6 is 0 Å². The van der Waals surface area contributed by atoms with Crippen LogP contribution in [0.3, 0.4) is 0 Å². The number of rotatable bonds is 2. The Kier molecular flexibility index (Phi) is 2.39. The standard InChI is InChI=1S/C11H12NO2/c13-11(14)10-7-4-8-12(10)9-5-2-1-3-6-9/h2-3,5-6,10H,4,7-8H2,(H,13,14). The number of anilines is 1. The fourth-order valence-electron chi connectivity index (χ4n) is 1.90. The van der Waals surface area contributed by atoms with Gasteiger partial charge in [-0.1, -0.05) is 12.1 Å². The first-order chi connectivity index (χ1) is 6.79. The second-order valence-electron chi connectivity index (χ2n) is 3.45. The minimum absolute atomic E-state index is 0.350. The van der Waals surface area contributed by atoms with Gasteiger partial charge in [0.15, 0.2) is 0 Å². The predicted octanol–water partition coefficient (Wildman–Crippen LogP) is 1.54. The van der Waals surface area contributed by atoms with Crippen LogP contribution in [0.2, 0.25) is 0 Å². The lowest BCUT2D eigenvalue weighted by Gasteiger charge is -2.23. The molecule has 0 aliphatic carbocycles. The fourth-order valence-corrected chi connectivity index (χ4v) is 1.90. The number of nitrogens with zero attached hydrogens (tertiary/aromatic N) is 1. The fraction of sp³-hybridized carbons (Fsp3) is 0.364. The van der Waals surface area contributed by atoms with Gasteiger partial charge in [0, 0.05) is 12.2 Å². The molecule has 1 saturated heterocycles. The molecule has 0 amide bonds. The van der Waals surface area contributed by atoms with E-state index in [0.29, 0.717) is 0 Å². The van der Waals surface area contributed by atoms with Gasteiger partial charge in [-0.15, -0.1) is 0 Å². The molecule has 1 heterocycles. The molecule has 0 bridgehead atoms. The molecular weight excluding hydrogens is 178 g/mol. The molecule has 1 atom stereocenters. The molecule has 1 radical (unpaired) electrons. The van der Waals surface area contributed by atoms with E-state index >= 15 is 0 Å². The maximum Gasteiger partial charge on any atom is 0.326 e. The average molecular weight is 190 g/mol. The number of carboxylic acids is 1. The number of hydrogen-bond donors (Lipinski definition) is 1. The Hall–Kier alpha value is -1.51. The highest BCUT2D eigenvalue weighted by Gasteiger charge is 2.30. The number of hydrogen-bond acceptors (Lipinski definition) is 2. The topological polar surface area (TPSA) is 40.5 Å². The second kappa shape index (κ2) is 3.70. The van der Waals surface area contributed by atoms with Gasteiger partial charge in [-0.25, -0.2) is 4.79 Å². The molecule has 1 aliphatic rings. The Morgan fingerprint density at radius 2 is 2.21 bits per heavy atom. The zero-order valence-electron chi connectivity index (χ0n) is 7.81. The van der Waals surface area contributed by atoms with Crippen LogP contribution in [0.15, 0.2) is 24.3 Å². The highest BCUT2D eigenvalue weighted by Crippen LogP contribution is 2.24. The molecule has 3 heteroatoms. The molecule has 0 aromatic heterocycles. The summed E-state index contributed by atoms with van der Waals surface area (Å²) in [5.74, 6) is -0.727. The molecule has 73 valence electrons. The van der Waals surface area contributed by atoms with Crippen LogP contribution in [0.1, 0.15) is 12.8 Å². The summed E-state index contributed by atoms with van der Waals surface area (Å²) in [5.41, 5.74) is 0.980. The third kappa shape index (κ3) is 1.58. The van der Waals surface area contributed by atoms with Gasteiger partial charge in [0.2, 0.25) is 0 Å². The van der Waals surface area contributed by atoms with Gasteiger partial charge < -0.3 is 10.0 Å². The quantitative estimate of drug-likeness (QED) is 0.769. The summed E-state index contributed by atoms with van der Waals surface area (Å²) >= 11 is 0. The lowest BCUT2D eigenvalue weighted by Crippen LogP contribution is -2.35. The van der Waals surface area contributed by atoms with E-state index in [1.54, 1.807) is 0 Å². The first-order valence-electron chi connectivity index (χ1n) is 4.74. The summed E-state index contributed by atoms with van der Waals surface area (Å²) in [6.07, 6.45) is 1.70. The summed E-state index contributed by atoms with van der Waals surface area (Å²) in [6, 6.07) is 10.0. The van der Waals surface area contributed by atoms with Crippen LogP contribution in [0.25, 0.3) is 0 Å². The highest BCUT2D eigenvalue weighted by atomic mass is 16.4. The van der Waals surface area contributed by atoms with Gasteiger partial charge in [0.1, 0.15) is 6.04 Å². The normalized spacial score (nSPS) is 21.1. The molecule has 3 nitrogen and oxygen atoms in total. The lowest BCUT2D eigenvalue weighted by atomic mass is 10.2. The Bertz CT molecular complexity index is 323. The van der Waals surface area contributed by atoms with Crippen LogP contribution in [-0.4, -0.2) is 23.7 Å². The van der Waals surface area contributed by atoms with Crippen molar-refractivity contribution < 1.29 is 9.90 Å². The molecule has 0 saturated carbocycles. The average Bonchev–Trinajstić information content (AvgIpc) is 2.67. The zero-order valence-corrected chi connectivity index (χ0v) is 7.81. The molecule has 14 heavy (non-hydrogen) atoms. The van der Waals surface area contributed by atoms with Crippen molar-refractivity contribution in [3.05, 3.63) is 30.3 Å². The van der Waals surface area contributed by atoms with Crippen molar-refractivity contribution in [2.45, 2.75) is 18.9 Å². The molecule has 1 unspecified atom stereocenters. The maximum atomic E-state index is 10.9. The molecular formula is C11H12NO2. The predicted molar refractivity (Wildman–Crippen MR) is 53.3 cm³/mol. The van der Waals surface area contributed by atoms with Crippen LogP contribution in [0.5, 0.6) is 0 Å². The van der Waals surface area contributed by atoms with Crippen molar-refractivity contribution in [3.8, 4) is 0 Å². The maximum absolute atomic E-state index is 10.9. The van der Waals surface area contributed by atoms with Gasteiger partial charge >= 0.3 is 5.97 Å². The number of carbonyl (C=O) groups is 1. The summed E-state index contributed by atoms with van der Waals surface area (Å²) in [5, 5.41) is 9.00. The van der Waals surface area contributed by atoms with E-state index in [2.05, 4.69) is 6.07 Å². The highest BCUT2D eigenvalue weighted by molar-refractivity contribution is 5.78. The lowest BCUT2D eigenvalue weighted by molar-refractivity contribution is -0.138. The Morgan fingerprint density at radius 1 is 1.50 bits per heavy atom. The third-order valence-electron chi connectivity index (χ3n) is 2.57. The Morgan fingerprint density at radius 3 is 2.86 bits per heavy atom. The third-order valence-corrected chi connectivity index (χ3v) is 2.57. The van der Waals surface area contributed by atoms with E-state index in [4.69, 9.17) is 5.11 Å². The number of benzene rings is 1. The van der Waals surface area contributed by atoms with E-state index in [1.807, 2.05) is 29.2 Å². The second-order valence-corrected chi connectivity index (χ2v) is 3.45. The SMILES string of the molecule is O=C(O)C1CCCN1c1cc[c]cc1.